The highest BCUT2D eigenvalue weighted by Crippen LogP contribution is 2.35. The van der Waals surface area contributed by atoms with Crippen molar-refractivity contribution < 1.29 is 22.0 Å². The van der Waals surface area contributed by atoms with Crippen LogP contribution in [0.5, 0.6) is 0 Å². The molecule has 1 aliphatic rings. The SMILES string of the molecule is CCCN(C(C)=O)c1cc(N2CCN(C)CC2)ccc1S(=O)(=O)c1ccc(F)c(F)c1. The molecule has 0 radical (unpaired) electrons. The third kappa shape index (κ3) is 4.88. The molecule has 1 amide bonds. The fourth-order valence-electron chi connectivity index (χ4n) is 3.65. The number of anilines is 2. The molecule has 0 aromatic heterocycles. The first-order valence-electron chi connectivity index (χ1n) is 10.2. The van der Waals surface area contributed by atoms with Crippen molar-refractivity contribution in [1.29, 1.82) is 0 Å². The first kappa shape index (κ1) is 23.1. The third-order valence-corrected chi connectivity index (χ3v) is 7.22. The molecule has 31 heavy (non-hydrogen) atoms. The van der Waals surface area contributed by atoms with Crippen LogP contribution in [-0.4, -0.2) is 59.0 Å². The van der Waals surface area contributed by atoms with Gasteiger partial charge in [-0.3, -0.25) is 4.79 Å². The van der Waals surface area contributed by atoms with Crippen LogP contribution in [0.15, 0.2) is 46.2 Å². The molecular weight excluding hydrogens is 424 g/mol. The summed E-state index contributed by atoms with van der Waals surface area (Å²) in [6.07, 6.45) is 0.628. The zero-order valence-electron chi connectivity index (χ0n) is 17.9. The maximum atomic E-state index is 13.8. The zero-order chi connectivity index (χ0) is 22.8. The standard InChI is InChI=1S/C22H27F2N3O3S/c1-4-9-27(16(2)28)21-14-17(26-12-10-25(3)11-13-26)5-8-22(21)31(29,30)18-6-7-19(23)20(24)15-18/h5-8,14-15H,4,9-13H2,1-3H3. The lowest BCUT2D eigenvalue weighted by Crippen LogP contribution is -2.44. The van der Waals surface area contributed by atoms with Gasteiger partial charge in [0.25, 0.3) is 0 Å². The highest BCUT2D eigenvalue weighted by Gasteiger charge is 2.28. The normalized spacial score (nSPS) is 15.2. The average Bonchev–Trinajstić information content (AvgIpc) is 2.73. The second kappa shape index (κ2) is 9.32. The van der Waals surface area contributed by atoms with Crippen LogP contribution >= 0.6 is 0 Å². The van der Waals surface area contributed by atoms with Gasteiger partial charge in [0.1, 0.15) is 0 Å². The van der Waals surface area contributed by atoms with Crippen LogP contribution in [0.4, 0.5) is 20.2 Å². The molecule has 0 saturated carbocycles. The molecule has 1 heterocycles. The summed E-state index contributed by atoms with van der Waals surface area (Å²) in [7, 11) is -2.15. The van der Waals surface area contributed by atoms with E-state index in [1.54, 1.807) is 12.1 Å². The molecule has 0 aliphatic carbocycles. The first-order valence-corrected chi connectivity index (χ1v) is 11.7. The Balaban J connectivity index is 2.14. The number of benzene rings is 2. The van der Waals surface area contributed by atoms with Crippen molar-refractivity contribution in [3.63, 3.8) is 0 Å². The number of halogens is 2. The highest BCUT2D eigenvalue weighted by molar-refractivity contribution is 7.91. The van der Waals surface area contributed by atoms with E-state index in [9.17, 15) is 22.0 Å². The molecule has 3 rings (SSSR count). The van der Waals surface area contributed by atoms with Gasteiger partial charge in [-0.15, -0.1) is 0 Å². The second-order valence-corrected chi connectivity index (χ2v) is 9.61. The van der Waals surface area contributed by atoms with Gasteiger partial charge in [0.05, 0.1) is 15.5 Å². The molecule has 0 bridgehead atoms. The Bertz CT molecular complexity index is 1070. The summed E-state index contributed by atoms with van der Waals surface area (Å²) in [5.74, 6) is -2.66. The van der Waals surface area contributed by atoms with E-state index in [0.717, 1.165) is 44.0 Å². The predicted molar refractivity (Wildman–Crippen MR) is 116 cm³/mol. The third-order valence-electron chi connectivity index (χ3n) is 5.42. The summed E-state index contributed by atoms with van der Waals surface area (Å²) in [5, 5.41) is 0. The molecule has 2 aromatic carbocycles. The summed E-state index contributed by atoms with van der Waals surface area (Å²) in [6.45, 7) is 6.90. The monoisotopic (exact) mass is 451 g/mol. The van der Waals surface area contributed by atoms with Crippen LogP contribution in [0.1, 0.15) is 20.3 Å². The molecule has 6 nitrogen and oxygen atoms in total. The summed E-state index contributed by atoms with van der Waals surface area (Å²) in [4.78, 5) is 17.7. The maximum absolute atomic E-state index is 13.8. The second-order valence-electron chi connectivity index (χ2n) is 7.69. The topological polar surface area (TPSA) is 60.9 Å². The van der Waals surface area contributed by atoms with Crippen LogP contribution < -0.4 is 9.80 Å². The molecule has 9 heteroatoms. The lowest BCUT2D eigenvalue weighted by molar-refractivity contribution is -0.116. The quantitative estimate of drug-likeness (QED) is 0.631. The molecule has 1 aliphatic heterocycles. The Morgan fingerprint density at radius 2 is 1.71 bits per heavy atom. The van der Waals surface area contributed by atoms with Crippen LogP contribution in [0, 0.1) is 11.6 Å². The van der Waals surface area contributed by atoms with Crippen molar-refractivity contribution in [3.05, 3.63) is 48.0 Å². The van der Waals surface area contributed by atoms with Gasteiger partial charge in [0, 0.05) is 45.3 Å². The van der Waals surface area contributed by atoms with E-state index in [-0.39, 0.29) is 21.4 Å². The van der Waals surface area contributed by atoms with Crippen LogP contribution in [0.2, 0.25) is 0 Å². The van der Waals surface area contributed by atoms with E-state index >= 15 is 0 Å². The minimum atomic E-state index is -4.19. The van der Waals surface area contributed by atoms with Gasteiger partial charge in [-0.05, 0) is 49.9 Å². The number of piperazine rings is 1. The number of sulfone groups is 1. The number of hydrogen-bond acceptors (Lipinski definition) is 5. The molecule has 0 spiro atoms. The van der Waals surface area contributed by atoms with Crippen LogP contribution in [0.25, 0.3) is 0 Å². The van der Waals surface area contributed by atoms with Crippen molar-refractivity contribution >= 4 is 27.1 Å². The van der Waals surface area contributed by atoms with Crippen molar-refractivity contribution in [2.75, 3.05) is 49.6 Å². The Labute approximate surface area is 182 Å². The number of hydrogen-bond donors (Lipinski definition) is 0. The van der Waals surface area contributed by atoms with Crippen molar-refractivity contribution in [2.45, 2.75) is 30.1 Å². The Morgan fingerprint density at radius 1 is 1.03 bits per heavy atom. The summed E-state index contributed by atoms with van der Waals surface area (Å²) < 4.78 is 53.8. The summed E-state index contributed by atoms with van der Waals surface area (Å²) in [5.41, 5.74) is 1.06. The Kier molecular flexibility index (Phi) is 6.96. The maximum Gasteiger partial charge on any atom is 0.223 e. The van der Waals surface area contributed by atoms with Crippen molar-refractivity contribution in [1.82, 2.24) is 4.90 Å². The lowest BCUT2D eigenvalue weighted by atomic mass is 10.2. The number of amides is 1. The molecule has 0 N–H and O–H groups in total. The summed E-state index contributed by atoms with van der Waals surface area (Å²) in [6, 6.07) is 7.34. The van der Waals surface area contributed by atoms with Gasteiger partial charge in [0.15, 0.2) is 11.6 Å². The van der Waals surface area contributed by atoms with E-state index in [0.29, 0.717) is 19.0 Å². The predicted octanol–water partition coefficient (Wildman–Crippen LogP) is 3.31. The van der Waals surface area contributed by atoms with Crippen molar-refractivity contribution in [2.24, 2.45) is 0 Å². The fraction of sp³-hybridized carbons (Fsp3) is 0.409. The summed E-state index contributed by atoms with van der Waals surface area (Å²) >= 11 is 0. The number of carbonyl (C=O) groups excluding carboxylic acids is 1. The number of rotatable bonds is 6. The molecular formula is C22H27F2N3O3S. The average molecular weight is 452 g/mol. The largest absolute Gasteiger partial charge is 0.369 e. The van der Waals surface area contributed by atoms with E-state index in [4.69, 9.17) is 0 Å². The van der Waals surface area contributed by atoms with E-state index in [1.807, 2.05) is 14.0 Å². The van der Waals surface area contributed by atoms with Gasteiger partial charge in [-0.2, -0.15) is 0 Å². The highest BCUT2D eigenvalue weighted by atomic mass is 32.2. The smallest absolute Gasteiger partial charge is 0.223 e. The minimum Gasteiger partial charge on any atom is -0.369 e. The minimum absolute atomic E-state index is 0.111. The van der Waals surface area contributed by atoms with Gasteiger partial charge in [-0.25, -0.2) is 17.2 Å². The van der Waals surface area contributed by atoms with E-state index < -0.39 is 21.5 Å². The Hall–Kier alpha value is -2.52. The molecule has 0 unspecified atom stereocenters. The number of carbonyl (C=O) groups is 1. The fourth-order valence-corrected chi connectivity index (χ4v) is 5.10. The molecule has 1 saturated heterocycles. The van der Waals surface area contributed by atoms with Crippen molar-refractivity contribution in [3.8, 4) is 0 Å². The van der Waals surface area contributed by atoms with Gasteiger partial charge in [0.2, 0.25) is 15.7 Å². The molecule has 168 valence electrons. The number of likely N-dealkylation sites (N-methyl/N-ethyl adjacent to an activating group) is 1. The molecule has 1 fully saturated rings. The van der Waals surface area contributed by atoms with Gasteiger partial charge >= 0.3 is 0 Å². The van der Waals surface area contributed by atoms with E-state index in [1.165, 1.54) is 17.9 Å². The zero-order valence-corrected chi connectivity index (χ0v) is 18.8. The Morgan fingerprint density at radius 3 is 2.29 bits per heavy atom. The van der Waals surface area contributed by atoms with Gasteiger partial charge in [-0.1, -0.05) is 6.92 Å². The molecule has 0 atom stereocenters. The molecule has 2 aromatic rings. The first-order chi connectivity index (χ1) is 14.6. The lowest BCUT2D eigenvalue weighted by Gasteiger charge is -2.35. The van der Waals surface area contributed by atoms with Crippen LogP contribution in [-0.2, 0) is 14.6 Å². The number of nitrogens with zero attached hydrogens (tertiary/aromatic N) is 3. The van der Waals surface area contributed by atoms with Gasteiger partial charge < -0.3 is 14.7 Å². The van der Waals surface area contributed by atoms with Crippen LogP contribution in [0.3, 0.4) is 0 Å². The van der Waals surface area contributed by atoms with E-state index in [2.05, 4.69) is 9.80 Å².